The quantitative estimate of drug-likeness (QED) is 0.872. The zero-order valence-corrected chi connectivity index (χ0v) is 13.3. The third kappa shape index (κ3) is 4.87. The summed E-state index contributed by atoms with van der Waals surface area (Å²) in [6, 6.07) is 3.09. The molecular formula is C16H23F2N3O2. The van der Waals surface area contributed by atoms with Gasteiger partial charge < -0.3 is 20.2 Å². The number of aliphatic hydroxyl groups excluding tert-OH is 1. The van der Waals surface area contributed by atoms with Gasteiger partial charge in [-0.25, -0.2) is 13.6 Å². The maximum atomic E-state index is 13.6. The third-order valence-corrected chi connectivity index (χ3v) is 4.22. The van der Waals surface area contributed by atoms with Crippen LogP contribution in [0.2, 0.25) is 0 Å². The van der Waals surface area contributed by atoms with Crippen LogP contribution in [-0.2, 0) is 0 Å². The topological polar surface area (TPSA) is 55.8 Å². The summed E-state index contributed by atoms with van der Waals surface area (Å²) in [5.74, 6) is -1.45. The lowest BCUT2D eigenvalue weighted by atomic mass is 10.0. The summed E-state index contributed by atoms with van der Waals surface area (Å²) in [4.78, 5) is 16.0. The number of hydrogen-bond donors (Lipinski definition) is 2. The van der Waals surface area contributed by atoms with E-state index >= 15 is 0 Å². The Morgan fingerprint density at radius 2 is 2.09 bits per heavy atom. The largest absolute Gasteiger partial charge is 0.396 e. The molecule has 0 unspecified atom stereocenters. The van der Waals surface area contributed by atoms with Crippen LogP contribution in [0.5, 0.6) is 0 Å². The fourth-order valence-corrected chi connectivity index (χ4v) is 2.80. The van der Waals surface area contributed by atoms with Gasteiger partial charge in [-0.3, -0.25) is 0 Å². The lowest BCUT2D eigenvalue weighted by molar-refractivity contribution is 0.134. The predicted octanol–water partition coefficient (Wildman–Crippen LogP) is 2.28. The average Bonchev–Trinajstić information content (AvgIpc) is 2.55. The van der Waals surface area contributed by atoms with Gasteiger partial charge in [-0.1, -0.05) is 0 Å². The van der Waals surface area contributed by atoms with E-state index in [0.29, 0.717) is 19.1 Å². The van der Waals surface area contributed by atoms with E-state index in [-0.39, 0.29) is 18.3 Å². The van der Waals surface area contributed by atoms with Gasteiger partial charge in [-0.15, -0.1) is 0 Å². The molecule has 0 aliphatic carbocycles. The first-order valence-electron chi connectivity index (χ1n) is 7.83. The van der Waals surface area contributed by atoms with Crippen molar-refractivity contribution in [2.75, 3.05) is 38.6 Å². The Morgan fingerprint density at radius 1 is 1.39 bits per heavy atom. The third-order valence-electron chi connectivity index (χ3n) is 4.22. The number of aliphatic hydroxyl groups is 1. The van der Waals surface area contributed by atoms with Crippen LogP contribution >= 0.6 is 0 Å². The molecule has 0 radical (unpaired) electrons. The molecule has 1 aliphatic rings. The van der Waals surface area contributed by atoms with Crippen LogP contribution in [0.25, 0.3) is 0 Å². The van der Waals surface area contributed by atoms with E-state index in [1.54, 1.807) is 4.90 Å². The summed E-state index contributed by atoms with van der Waals surface area (Å²) < 4.78 is 26.4. The lowest BCUT2D eigenvalue weighted by Gasteiger charge is -2.36. The average molecular weight is 327 g/mol. The molecule has 1 fully saturated rings. The van der Waals surface area contributed by atoms with E-state index in [0.717, 1.165) is 37.9 Å². The van der Waals surface area contributed by atoms with Crippen molar-refractivity contribution in [3.8, 4) is 0 Å². The standard InChI is InChI=1S/C16H23F2N3O2/c1-20(7-2-10-22)13-5-8-21(9-6-13)16(23)19-15-4-3-12(17)11-14(15)18/h3-4,11,13,22H,2,5-10H2,1H3,(H,19,23). The van der Waals surface area contributed by atoms with Crippen molar-refractivity contribution in [2.24, 2.45) is 0 Å². The zero-order valence-electron chi connectivity index (χ0n) is 13.3. The van der Waals surface area contributed by atoms with Crippen LogP contribution in [0.1, 0.15) is 19.3 Å². The predicted molar refractivity (Wildman–Crippen MR) is 84.3 cm³/mol. The number of hydrogen-bond acceptors (Lipinski definition) is 3. The molecule has 0 aromatic heterocycles. The molecule has 1 aliphatic heterocycles. The molecule has 7 heteroatoms. The molecule has 2 rings (SSSR count). The van der Waals surface area contributed by atoms with E-state index in [1.807, 2.05) is 7.05 Å². The van der Waals surface area contributed by atoms with Gasteiger partial charge in [0.15, 0.2) is 0 Å². The summed E-state index contributed by atoms with van der Waals surface area (Å²) in [7, 11) is 2.02. The van der Waals surface area contributed by atoms with Gasteiger partial charge in [0.05, 0.1) is 5.69 Å². The molecule has 23 heavy (non-hydrogen) atoms. The second-order valence-electron chi connectivity index (χ2n) is 5.83. The van der Waals surface area contributed by atoms with E-state index in [1.165, 1.54) is 6.07 Å². The molecule has 5 nitrogen and oxygen atoms in total. The van der Waals surface area contributed by atoms with Crippen molar-refractivity contribution in [3.63, 3.8) is 0 Å². The van der Waals surface area contributed by atoms with Crippen molar-refractivity contribution in [1.82, 2.24) is 9.80 Å². The maximum absolute atomic E-state index is 13.6. The second-order valence-corrected chi connectivity index (χ2v) is 5.83. The molecular weight excluding hydrogens is 304 g/mol. The van der Waals surface area contributed by atoms with Crippen molar-refractivity contribution in [3.05, 3.63) is 29.8 Å². The maximum Gasteiger partial charge on any atom is 0.321 e. The number of amides is 2. The highest BCUT2D eigenvalue weighted by Gasteiger charge is 2.25. The van der Waals surface area contributed by atoms with Crippen LogP contribution in [0.15, 0.2) is 18.2 Å². The van der Waals surface area contributed by atoms with E-state index < -0.39 is 11.6 Å². The van der Waals surface area contributed by atoms with Crippen LogP contribution in [-0.4, -0.2) is 60.3 Å². The van der Waals surface area contributed by atoms with Gasteiger partial charge in [0, 0.05) is 38.3 Å². The monoisotopic (exact) mass is 327 g/mol. The summed E-state index contributed by atoms with van der Waals surface area (Å²) in [5.41, 5.74) is -0.0152. The van der Waals surface area contributed by atoms with E-state index in [9.17, 15) is 13.6 Å². The smallest absolute Gasteiger partial charge is 0.321 e. The Balaban J connectivity index is 1.83. The summed E-state index contributed by atoms with van der Waals surface area (Å²) in [5, 5.41) is 11.4. The minimum Gasteiger partial charge on any atom is -0.396 e. The van der Waals surface area contributed by atoms with Gasteiger partial charge in [0.2, 0.25) is 0 Å². The van der Waals surface area contributed by atoms with Crippen molar-refractivity contribution in [1.29, 1.82) is 0 Å². The van der Waals surface area contributed by atoms with Gasteiger partial charge in [-0.2, -0.15) is 0 Å². The number of likely N-dealkylation sites (tertiary alicyclic amines) is 1. The number of carbonyl (C=O) groups is 1. The molecule has 1 saturated heterocycles. The molecule has 1 aromatic carbocycles. The normalized spacial score (nSPS) is 16.0. The van der Waals surface area contributed by atoms with Gasteiger partial charge in [-0.05, 0) is 38.4 Å². The lowest BCUT2D eigenvalue weighted by Crippen LogP contribution is -2.47. The van der Waals surface area contributed by atoms with E-state index in [2.05, 4.69) is 10.2 Å². The minimum atomic E-state index is -0.781. The van der Waals surface area contributed by atoms with Crippen LogP contribution in [0, 0.1) is 11.6 Å². The molecule has 1 aromatic rings. The van der Waals surface area contributed by atoms with Gasteiger partial charge >= 0.3 is 6.03 Å². The highest BCUT2D eigenvalue weighted by Crippen LogP contribution is 2.19. The van der Waals surface area contributed by atoms with Crippen LogP contribution in [0.4, 0.5) is 19.3 Å². The number of piperidine rings is 1. The number of rotatable bonds is 5. The fraction of sp³-hybridized carbons (Fsp3) is 0.562. The first-order chi connectivity index (χ1) is 11.0. The molecule has 0 spiro atoms. The number of anilines is 1. The van der Waals surface area contributed by atoms with Crippen LogP contribution in [0.3, 0.4) is 0 Å². The zero-order chi connectivity index (χ0) is 16.8. The van der Waals surface area contributed by atoms with Gasteiger partial charge in [0.1, 0.15) is 11.6 Å². The Morgan fingerprint density at radius 3 is 2.70 bits per heavy atom. The number of halogens is 2. The Kier molecular flexibility index (Phi) is 6.29. The summed E-state index contributed by atoms with van der Waals surface area (Å²) in [6.07, 6.45) is 2.41. The van der Waals surface area contributed by atoms with Crippen molar-refractivity contribution < 1.29 is 18.7 Å². The number of urea groups is 1. The first kappa shape index (κ1) is 17.6. The van der Waals surface area contributed by atoms with E-state index in [4.69, 9.17) is 5.11 Å². The SMILES string of the molecule is CN(CCCO)C1CCN(C(=O)Nc2ccc(F)cc2F)CC1. The van der Waals surface area contributed by atoms with Crippen LogP contribution < -0.4 is 5.32 Å². The Hall–Kier alpha value is -1.73. The highest BCUT2D eigenvalue weighted by molar-refractivity contribution is 5.89. The summed E-state index contributed by atoms with van der Waals surface area (Å²) >= 11 is 0. The number of benzene rings is 1. The molecule has 2 N–H and O–H groups in total. The Bertz CT molecular complexity index is 534. The molecule has 0 atom stereocenters. The van der Waals surface area contributed by atoms with Crippen molar-refractivity contribution >= 4 is 11.7 Å². The molecule has 0 saturated carbocycles. The first-order valence-corrected chi connectivity index (χ1v) is 7.83. The minimum absolute atomic E-state index is 0.0152. The highest BCUT2D eigenvalue weighted by atomic mass is 19.1. The second kappa shape index (κ2) is 8.21. The molecule has 128 valence electrons. The van der Waals surface area contributed by atoms with Gasteiger partial charge in [0.25, 0.3) is 0 Å². The molecule has 2 amide bonds. The van der Waals surface area contributed by atoms with Crippen molar-refractivity contribution in [2.45, 2.75) is 25.3 Å². The summed E-state index contributed by atoms with van der Waals surface area (Å²) in [6.45, 7) is 2.18. The number of nitrogens with one attached hydrogen (secondary N) is 1. The Labute approximate surface area is 134 Å². The number of nitrogens with zero attached hydrogens (tertiary/aromatic N) is 2. The molecule has 0 bridgehead atoms. The molecule has 1 heterocycles. The number of carbonyl (C=O) groups excluding carboxylic acids is 1. The fourth-order valence-electron chi connectivity index (χ4n) is 2.80.